The molecule has 2 aromatic rings. The molecule has 0 fully saturated rings. The third-order valence-electron chi connectivity index (χ3n) is 2.61. The Morgan fingerprint density at radius 2 is 2.12 bits per heavy atom. The summed E-state index contributed by atoms with van der Waals surface area (Å²) in [5, 5.41) is 9.55. The highest BCUT2D eigenvalue weighted by Gasteiger charge is 2.11. The molecule has 0 spiro atoms. The Balaban J connectivity index is 2.70. The highest BCUT2D eigenvalue weighted by atomic mass is 35.5. The number of benzene rings is 1. The van der Waals surface area contributed by atoms with Crippen molar-refractivity contribution in [3.8, 4) is 11.8 Å². The molecule has 4 heteroatoms. The monoisotopic (exact) mass is 231 g/mol. The normalized spacial score (nSPS) is 10.1. The van der Waals surface area contributed by atoms with Crippen molar-refractivity contribution in [2.45, 2.75) is 13.8 Å². The standard InChI is InChI=1S/C12H10ClN3/c1-8-9(2)16(7-15-8)12-5-3-4-11(13)10(12)6-14/h3-5,7H,1-2H3. The van der Waals surface area contributed by atoms with Gasteiger partial charge in [-0.1, -0.05) is 17.7 Å². The highest BCUT2D eigenvalue weighted by molar-refractivity contribution is 6.32. The van der Waals surface area contributed by atoms with Crippen LogP contribution in [0, 0.1) is 25.2 Å². The smallest absolute Gasteiger partial charge is 0.103 e. The summed E-state index contributed by atoms with van der Waals surface area (Å²) in [6, 6.07) is 7.52. The van der Waals surface area contributed by atoms with Crippen LogP contribution in [0.3, 0.4) is 0 Å². The fraction of sp³-hybridized carbons (Fsp3) is 0.167. The second kappa shape index (κ2) is 3.99. The third kappa shape index (κ3) is 1.58. The van der Waals surface area contributed by atoms with Gasteiger partial charge in [-0.2, -0.15) is 5.26 Å². The molecule has 2 rings (SSSR count). The van der Waals surface area contributed by atoms with Gasteiger partial charge in [0.05, 0.1) is 28.3 Å². The molecular formula is C12H10ClN3. The minimum atomic E-state index is 0.464. The minimum Gasteiger partial charge on any atom is -0.302 e. The molecule has 0 bridgehead atoms. The largest absolute Gasteiger partial charge is 0.302 e. The quantitative estimate of drug-likeness (QED) is 0.757. The average Bonchev–Trinajstić information content (AvgIpc) is 2.59. The molecule has 1 aromatic carbocycles. The number of hydrogen-bond acceptors (Lipinski definition) is 2. The lowest BCUT2D eigenvalue weighted by molar-refractivity contribution is 0.996. The summed E-state index contributed by atoms with van der Waals surface area (Å²) in [6.07, 6.45) is 1.71. The molecule has 1 heterocycles. The number of halogens is 1. The summed E-state index contributed by atoms with van der Waals surface area (Å²) in [4.78, 5) is 4.21. The average molecular weight is 232 g/mol. The number of nitrogens with zero attached hydrogens (tertiary/aromatic N) is 3. The van der Waals surface area contributed by atoms with E-state index in [9.17, 15) is 0 Å². The summed E-state index contributed by atoms with van der Waals surface area (Å²) in [7, 11) is 0. The number of aryl methyl sites for hydroxylation is 1. The lowest BCUT2D eigenvalue weighted by Crippen LogP contribution is -1.99. The number of rotatable bonds is 1. The molecule has 80 valence electrons. The predicted molar refractivity (Wildman–Crippen MR) is 62.8 cm³/mol. The Kier molecular flexibility index (Phi) is 2.67. The van der Waals surface area contributed by atoms with Crippen LogP contribution in [0.4, 0.5) is 0 Å². The number of hydrogen-bond donors (Lipinski definition) is 0. The first kappa shape index (κ1) is 10.7. The zero-order valence-corrected chi connectivity index (χ0v) is 9.78. The van der Waals surface area contributed by atoms with E-state index in [1.54, 1.807) is 12.4 Å². The second-order valence-corrected chi connectivity index (χ2v) is 3.94. The molecule has 0 atom stereocenters. The first-order chi connectivity index (χ1) is 7.65. The lowest BCUT2D eigenvalue weighted by atomic mass is 10.2. The molecule has 0 saturated carbocycles. The minimum absolute atomic E-state index is 0.464. The van der Waals surface area contributed by atoms with Crippen molar-refractivity contribution >= 4 is 11.6 Å². The van der Waals surface area contributed by atoms with Crippen molar-refractivity contribution in [3.63, 3.8) is 0 Å². The summed E-state index contributed by atoms with van der Waals surface area (Å²) < 4.78 is 1.87. The van der Waals surface area contributed by atoms with Gasteiger partial charge in [0.15, 0.2) is 0 Å². The maximum Gasteiger partial charge on any atom is 0.103 e. The molecule has 1 aromatic heterocycles. The van der Waals surface area contributed by atoms with E-state index in [1.807, 2.05) is 30.5 Å². The van der Waals surface area contributed by atoms with Crippen LogP contribution in [-0.2, 0) is 0 Å². The van der Waals surface area contributed by atoms with Gasteiger partial charge >= 0.3 is 0 Å². The van der Waals surface area contributed by atoms with Crippen molar-refractivity contribution in [3.05, 3.63) is 46.5 Å². The summed E-state index contributed by atoms with van der Waals surface area (Å²) in [5.41, 5.74) is 3.21. The molecule has 0 amide bonds. The van der Waals surface area contributed by atoms with E-state index in [4.69, 9.17) is 16.9 Å². The Morgan fingerprint density at radius 3 is 2.69 bits per heavy atom. The zero-order chi connectivity index (χ0) is 11.7. The molecule has 0 aliphatic heterocycles. The van der Waals surface area contributed by atoms with Gasteiger partial charge in [-0.25, -0.2) is 4.98 Å². The summed E-state index contributed by atoms with van der Waals surface area (Å²) >= 11 is 5.98. The van der Waals surface area contributed by atoms with E-state index in [2.05, 4.69) is 11.1 Å². The van der Waals surface area contributed by atoms with E-state index < -0.39 is 0 Å². The lowest BCUT2D eigenvalue weighted by Gasteiger charge is -2.08. The Hall–Kier alpha value is -1.79. The molecule has 0 radical (unpaired) electrons. The Morgan fingerprint density at radius 1 is 1.38 bits per heavy atom. The van der Waals surface area contributed by atoms with Crippen LogP contribution in [0.1, 0.15) is 17.0 Å². The van der Waals surface area contributed by atoms with Crippen molar-refractivity contribution < 1.29 is 0 Å². The number of aromatic nitrogens is 2. The maximum atomic E-state index is 9.09. The van der Waals surface area contributed by atoms with Crippen LogP contribution in [-0.4, -0.2) is 9.55 Å². The molecule has 0 saturated heterocycles. The van der Waals surface area contributed by atoms with Crippen LogP contribution in [0.25, 0.3) is 5.69 Å². The van der Waals surface area contributed by atoms with Gasteiger partial charge in [0, 0.05) is 5.69 Å². The molecule has 0 aliphatic carbocycles. The van der Waals surface area contributed by atoms with Crippen molar-refractivity contribution in [1.29, 1.82) is 5.26 Å². The van der Waals surface area contributed by atoms with Gasteiger partial charge in [-0.05, 0) is 26.0 Å². The van der Waals surface area contributed by atoms with Crippen molar-refractivity contribution in [2.75, 3.05) is 0 Å². The number of nitriles is 1. The van der Waals surface area contributed by atoms with Crippen LogP contribution in [0.5, 0.6) is 0 Å². The van der Waals surface area contributed by atoms with E-state index in [1.165, 1.54) is 0 Å². The highest BCUT2D eigenvalue weighted by Crippen LogP contribution is 2.23. The topological polar surface area (TPSA) is 41.6 Å². The van der Waals surface area contributed by atoms with Gasteiger partial charge in [-0.15, -0.1) is 0 Å². The van der Waals surface area contributed by atoms with Gasteiger partial charge in [0.2, 0.25) is 0 Å². The molecule has 0 aliphatic rings. The summed E-state index contributed by atoms with van der Waals surface area (Å²) in [5.74, 6) is 0. The Labute approximate surface area is 98.9 Å². The first-order valence-electron chi connectivity index (χ1n) is 4.84. The molecule has 3 nitrogen and oxygen atoms in total. The van der Waals surface area contributed by atoms with E-state index in [-0.39, 0.29) is 0 Å². The number of imidazole rings is 1. The van der Waals surface area contributed by atoms with E-state index in [0.29, 0.717) is 10.6 Å². The van der Waals surface area contributed by atoms with Crippen LogP contribution >= 0.6 is 11.6 Å². The van der Waals surface area contributed by atoms with E-state index >= 15 is 0 Å². The summed E-state index contributed by atoms with van der Waals surface area (Å²) in [6.45, 7) is 3.90. The van der Waals surface area contributed by atoms with Crippen LogP contribution in [0.15, 0.2) is 24.5 Å². The fourth-order valence-electron chi connectivity index (χ4n) is 1.57. The van der Waals surface area contributed by atoms with Gasteiger partial charge in [0.25, 0.3) is 0 Å². The maximum absolute atomic E-state index is 9.09. The van der Waals surface area contributed by atoms with Gasteiger partial charge < -0.3 is 4.57 Å². The molecular weight excluding hydrogens is 222 g/mol. The zero-order valence-electron chi connectivity index (χ0n) is 9.03. The first-order valence-corrected chi connectivity index (χ1v) is 5.22. The van der Waals surface area contributed by atoms with Crippen molar-refractivity contribution in [1.82, 2.24) is 9.55 Å². The molecule has 0 N–H and O–H groups in total. The van der Waals surface area contributed by atoms with Gasteiger partial charge in [-0.3, -0.25) is 0 Å². The van der Waals surface area contributed by atoms with Crippen LogP contribution in [0.2, 0.25) is 5.02 Å². The van der Waals surface area contributed by atoms with Crippen LogP contribution < -0.4 is 0 Å². The van der Waals surface area contributed by atoms with E-state index in [0.717, 1.165) is 17.1 Å². The second-order valence-electron chi connectivity index (χ2n) is 3.53. The molecule has 16 heavy (non-hydrogen) atoms. The fourth-order valence-corrected chi connectivity index (χ4v) is 1.78. The third-order valence-corrected chi connectivity index (χ3v) is 2.93. The van der Waals surface area contributed by atoms with Crippen molar-refractivity contribution in [2.24, 2.45) is 0 Å². The SMILES string of the molecule is Cc1ncn(-c2cccc(Cl)c2C#N)c1C. The Bertz CT molecular complexity index is 578. The molecule has 0 unspecified atom stereocenters. The predicted octanol–water partition coefficient (Wildman–Crippen LogP) is 3.01. The van der Waals surface area contributed by atoms with Gasteiger partial charge in [0.1, 0.15) is 6.07 Å².